The molecule has 16 nitrogen and oxygen atoms in total. The van der Waals surface area contributed by atoms with Crippen molar-refractivity contribution in [1.29, 1.82) is 0 Å². The standard InChI is InChI=1S/C87H154O16P2/c1-4-7-10-13-16-19-22-24-26-28-30-32-34-36-38-39-40-41-43-45-46-48-50-52-54-56-59-61-64-67-70-73-85(90)97-76-82(88)77-99-104(93,94)100-78-83(89)79-101-105(95,96)102-81-84(103-87(92)75-72-69-66-63-58-21-18-15-12-9-6-3)80-98-86(91)74-71-68-65-62-60-57-55-53-51-49-47-44-42-37-35-33-31-29-27-25-23-20-17-14-11-8-5-2/h8,11,16-17,19-20,24-27,30-33,36-38,42,82-84,88-89H,4-7,9-10,12-15,18,21-23,28-29,34-35,39-41,43-81H2,1-3H3,(H,93,94)(H,95,96)/b11-8-,19-16-,20-17-,26-24-,27-25-,32-30-,33-31-,38-36-,42-37-. The van der Waals surface area contributed by atoms with Gasteiger partial charge in [-0.15, -0.1) is 0 Å². The van der Waals surface area contributed by atoms with Gasteiger partial charge in [0.1, 0.15) is 25.4 Å². The maximum atomic E-state index is 12.9. The molecule has 4 N–H and O–H groups in total. The van der Waals surface area contributed by atoms with E-state index in [1.165, 1.54) is 180 Å². The van der Waals surface area contributed by atoms with Crippen molar-refractivity contribution < 1.29 is 75.8 Å². The van der Waals surface area contributed by atoms with Crippen molar-refractivity contribution in [3.63, 3.8) is 0 Å². The number of phosphoric acid groups is 2. The average molecular weight is 1520 g/mol. The van der Waals surface area contributed by atoms with Gasteiger partial charge in [0.2, 0.25) is 0 Å². The molecule has 0 aliphatic heterocycles. The molecule has 0 radical (unpaired) electrons. The molecule has 608 valence electrons. The third kappa shape index (κ3) is 81.0. The van der Waals surface area contributed by atoms with Gasteiger partial charge in [-0.25, -0.2) is 9.13 Å². The van der Waals surface area contributed by atoms with E-state index in [4.69, 9.17) is 32.3 Å². The Bertz CT molecular complexity index is 2340. The van der Waals surface area contributed by atoms with Crippen LogP contribution in [0.3, 0.4) is 0 Å². The van der Waals surface area contributed by atoms with Gasteiger partial charge in [-0.3, -0.25) is 32.5 Å². The first-order valence-corrected chi connectivity index (χ1v) is 45.2. The lowest BCUT2D eigenvalue weighted by Crippen LogP contribution is -2.30. The van der Waals surface area contributed by atoms with E-state index in [9.17, 15) is 43.5 Å². The van der Waals surface area contributed by atoms with E-state index >= 15 is 0 Å². The maximum Gasteiger partial charge on any atom is 0.472 e. The zero-order chi connectivity index (χ0) is 76.6. The zero-order valence-corrected chi connectivity index (χ0v) is 68.4. The minimum atomic E-state index is -4.93. The van der Waals surface area contributed by atoms with Crippen LogP contribution in [0.4, 0.5) is 0 Å². The van der Waals surface area contributed by atoms with Crippen molar-refractivity contribution in [2.24, 2.45) is 0 Å². The summed E-state index contributed by atoms with van der Waals surface area (Å²) in [6, 6.07) is 0. The van der Waals surface area contributed by atoms with Crippen LogP contribution in [0, 0.1) is 0 Å². The number of aliphatic hydroxyl groups excluding tert-OH is 2. The van der Waals surface area contributed by atoms with Gasteiger partial charge >= 0.3 is 33.6 Å². The van der Waals surface area contributed by atoms with E-state index in [0.717, 1.165) is 128 Å². The van der Waals surface area contributed by atoms with E-state index in [1.54, 1.807) is 0 Å². The maximum absolute atomic E-state index is 12.9. The van der Waals surface area contributed by atoms with Crippen molar-refractivity contribution >= 4 is 33.6 Å². The van der Waals surface area contributed by atoms with E-state index in [1.807, 2.05) is 0 Å². The van der Waals surface area contributed by atoms with Crippen LogP contribution in [0.25, 0.3) is 0 Å². The van der Waals surface area contributed by atoms with Gasteiger partial charge in [0.15, 0.2) is 6.10 Å². The number of hydrogen-bond acceptors (Lipinski definition) is 14. The molecule has 0 saturated heterocycles. The first kappa shape index (κ1) is 101. The Kier molecular flexibility index (Phi) is 76.9. The highest BCUT2D eigenvalue weighted by atomic mass is 31.2. The first-order chi connectivity index (χ1) is 51.2. The van der Waals surface area contributed by atoms with E-state index < -0.39 is 91.5 Å². The van der Waals surface area contributed by atoms with Crippen LogP contribution < -0.4 is 0 Å². The molecular formula is C87H154O16P2. The topological polar surface area (TPSA) is 231 Å². The summed E-state index contributed by atoms with van der Waals surface area (Å²) in [4.78, 5) is 58.6. The Hall–Kier alpha value is -3.79. The van der Waals surface area contributed by atoms with Crippen molar-refractivity contribution in [3.05, 3.63) is 109 Å². The molecule has 5 unspecified atom stereocenters. The summed E-state index contributed by atoms with van der Waals surface area (Å²) in [5.74, 6) is -1.56. The number of phosphoric ester groups is 2. The lowest BCUT2D eigenvalue weighted by molar-refractivity contribution is -0.161. The third-order valence-electron chi connectivity index (χ3n) is 18.0. The number of ether oxygens (including phenoxy) is 3. The molecule has 0 bridgehead atoms. The van der Waals surface area contributed by atoms with Crippen molar-refractivity contribution in [1.82, 2.24) is 0 Å². The monoisotopic (exact) mass is 1520 g/mol. The van der Waals surface area contributed by atoms with Gasteiger partial charge in [-0.1, -0.05) is 348 Å². The number of allylic oxidation sites excluding steroid dienone is 18. The predicted octanol–water partition coefficient (Wildman–Crippen LogP) is 25.1. The van der Waals surface area contributed by atoms with E-state index in [0.29, 0.717) is 19.3 Å². The number of esters is 3. The molecule has 0 aliphatic rings. The second-order valence-electron chi connectivity index (χ2n) is 28.3. The molecule has 0 heterocycles. The minimum absolute atomic E-state index is 0.107. The number of aliphatic hydroxyl groups is 2. The number of unbranched alkanes of at least 4 members (excludes halogenated alkanes) is 39. The lowest BCUT2D eigenvalue weighted by atomic mass is 10.0. The van der Waals surface area contributed by atoms with Crippen molar-refractivity contribution in [2.45, 2.75) is 386 Å². The van der Waals surface area contributed by atoms with Gasteiger partial charge in [-0.2, -0.15) is 0 Å². The van der Waals surface area contributed by atoms with Crippen LogP contribution in [-0.2, 0) is 55.8 Å². The fraction of sp³-hybridized carbons (Fsp3) is 0.759. The SMILES string of the molecule is CC/C=C\C/C=C\C/C=C\C/C=C\C/C=C\CCCCCCCCCCCCCC(=O)OCC(COP(=O)(O)OCC(O)COP(=O)(O)OCC(O)COC(=O)CCCCCCCCCCCCCCCCC/C=C\C/C=C\C/C=C\C/C=C\CCCCC)OC(=O)CCCCCCCCCCCCC. The quantitative estimate of drug-likeness (QED) is 0.0146. The largest absolute Gasteiger partial charge is 0.472 e. The Balaban J connectivity index is 4.39. The first-order valence-electron chi connectivity index (χ1n) is 42.2. The molecule has 0 rings (SSSR count). The molecule has 0 aromatic heterocycles. The van der Waals surface area contributed by atoms with Gasteiger partial charge in [0.25, 0.3) is 0 Å². The van der Waals surface area contributed by atoms with Crippen LogP contribution in [-0.4, -0.2) is 95.9 Å². The Labute approximate surface area is 640 Å². The van der Waals surface area contributed by atoms with E-state index in [-0.39, 0.29) is 19.3 Å². The van der Waals surface area contributed by atoms with Crippen molar-refractivity contribution in [3.8, 4) is 0 Å². The Morgan fingerprint density at radius 2 is 0.505 bits per heavy atom. The number of carbonyl (C=O) groups is 3. The highest BCUT2D eigenvalue weighted by Gasteiger charge is 2.29. The second-order valence-corrected chi connectivity index (χ2v) is 31.2. The van der Waals surface area contributed by atoms with Crippen LogP contribution >= 0.6 is 15.6 Å². The van der Waals surface area contributed by atoms with Crippen LogP contribution in [0.15, 0.2) is 109 Å². The molecular weight excluding hydrogens is 1360 g/mol. The summed E-state index contributed by atoms with van der Waals surface area (Å²) in [5, 5.41) is 20.6. The second kappa shape index (κ2) is 79.8. The predicted molar refractivity (Wildman–Crippen MR) is 436 cm³/mol. The Morgan fingerprint density at radius 3 is 0.819 bits per heavy atom. The highest BCUT2D eigenvalue weighted by Crippen LogP contribution is 2.45. The van der Waals surface area contributed by atoms with E-state index in [2.05, 4.69) is 130 Å². The smallest absolute Gasteiger partial charge is 0.463 e. The van der Waals surface area contributed by atoms with Gasteiger partial charge in [0.05, 0.1) is 26.4 Å². The average Bonchev–Trinajstić information content (AvgIpc) is 0.918. The summed E-state index contributed by atoms with van der Waals surface area (Å²) in [6.45, 7) is 2.57. The van der Waals surface area contributed by atoms with Gasteiger partial charge in [0, 0.05) is 19.3 Å². The number of rotatable bonds is 80. The molecule has 0 amide bonds. The Morgan fingerprint density at radius 1 is 0.276 bits per heavy atom. The molecule has 0 aliphatic carbocycles. The van der Waals surface area contributed by atoms with Crippen LogP contribution in [0.2, 0.25) is 0 Å². The molecule has 18 heteroatoms. The molecule has 5 atom stereocenters. The van der Waals surface area contributed by atoms with Crippen LogP contribution in [0.5, 0.6) is 0 Å². The van der Waals surface area contributed by atoms with Gasteiger partial charge < -0.3 is 34.2 Å². The summed E-state index contributed by atoms with van der Waals surface area (Å²) in [7, 11) is -9.78. The number of carbonyl (C=O) groups excluding carboxylic acids is 3. The summed E-state index contributed by atoms with van der Waals surface area (Å²) >= 11 is 0. The zero-order valence-electron chi connectivity index (χ0n) is 66.6. The summed E-state index contributed by atoms with van der Waals surface area (Å²) in [6.07, 6.45) is 94.4. The molecule has 0 aromatic carbocycles. The molecule has 0 fully saturated rings. The fourth-order valence-corrected chi connectivity index (χ4v) is 13.2. The molecule has 0 aromatic rings. The molecule has 0 saturated carbocycles. The normalized spacial score (nSPS) is 14.5. The van der Waals surface area contributed by atoms with Crippen molar-refractivity contribution in [2.75, 3.05) is 39.6 Å². The lowest BCUT2D eigenvalue weighted by Gasteiger charge is -2.21. The van der Waals surface area contributed by atoms with Crippen LogP contribution in [0.1, 0.15) is 367 Å². The fourth-order valence-electron chi connectivity index (χ4n) is 11.6. The van der Waals surface area contributed by atoms with Gasteiger partial charge in [-0.05, 0) is 109 Å². The third-order valence-corrected chi connectivity index (χ3v) is 19.9. The molecule has 105 heavy (non-hydrogen) atoms. The summed E-state index contributed by atoms with van der Waals surface area (Å²) < 4.78 is 61.2. The molecule has 0 spiro atoms. The number of hydrogen-bond donors (Lipinski definition) is 4. The summed E-state index contributed by atoms with van der Waals surface area (Å²) in [5.41, 5.74) is 0. The highest BCUT2D eigenvalue weighted by molar-refractivity contribution is 7.47. The minimum Gasteiger partial charge on any atom is -0.463 e.